The minimum Gasteiger partial charge on any atom is -0.547 e. The number of fused-ring (bicyclic) bond motifs is 1. The number of hydrogen-bond donors (Lipinski definition) is 0. The fourth-order valence-corrected chi connectivity index (χ4v) is 4.40. The van der Waals surface area contributed by atoms with Crippen LogP contribution in [0.5, 0.6) is 5.75 Å². The van der Waals surface area contributed by atoms with Crippen molar-refractivity contribution in [1.29, 1.82) is 0 Å². The summed E-state index contributed by atoms with van der Waals surface area (Å²) in [5.41, 5.74) is 2.71. The molecule has 0 aliphatic heterocycles. The molecule has 0 saturated heterocycles. The van der Waals surface area contributed by atoms with Crippen molar-refractivity contribution in [2.75, 3.05) is 13.7 Å². The third-order valence-corrected chi connectivity index (χ3v) is 6.11. The van der Waals surface area contributed by atoms with Crippen molar-refractivity contribution in [3.05, 3.63) is 70.9 Å². The summed E-state index contributed by atoms with van der Waals surface area (Å²) in [6.07, 6.45) is -0.117. The summed E-state index contributed by atoms with van der Waals surface area (Å²) >= 11 is 1.55. The summed E-state index contributed by atoms with van der Waals surface area (Å²) in [5.74, 6) is 0.932. The Morgan fingerprint density at radius 2 is 1.97 bits per heavy atom. The number of rotatable bonds is 9. The second-order valence-corrected chi connectivity index (χ2v) is 8.04. The molecule has 4 rings (SSSR count). The Morgan fingerprint density at radius 1 is 1.19 bits per heavy atom. The predicted molar refractivity (Wildman–Crippen MR) is 117 cm³/mol. The molecule has 160 valence electrons. The second kappa shape index (κ2) is 11.1. The van der Waals surface area contributed by atoms with Crippen LogP contribution in [0.3, 0.4) is 0 Å². The molecule has 1 atom stereocenters. The Bertz CT molecular complexity index is 1190. The van der Waals surface area contributed by atoms with Gasteiger partial charge in [0.15, 0.2) is 0 Å². The summed E-state index contributed by atoms with van der Waals surface area (Å²) < 4.78 is 17.9. The summed E-state index contributed by atoms with van der Waals surface area (Å²) in [6, 6.07) is 15.5. The number of aryl methyl sites for hydroxylation is 1. The van der Waals surface area contributed by atoms with Gasteiger partial charge in [-0.1, -0.05) is 24.3 Å². The number of benzene rings is 2. The first-order chi connectivity index (χ1) is 15.1. The van der Waals surface area contributed by atoms with Gasteiger partial charge in [-0.2, -0.15) is 0 Å². The zero-order chi connectivity index (χ0) is 21.8. The maximum Gasteiger partial charge on any atom is 1.00 e. The van der Waals surface area contributed by atoms with E-state index in [0.717, 1.165) is 38.4 Å². The molecule has 0 fully saturated rings. The van der Waals surface area contributed by atoms with Crippen molar-refractivity contribution in [2.24, 2.45) is 0 Å². The Morgan fingerprint density at radius 3 is 2.69 bits per heavy atom. The SMILES string of the molecule is CO[C@@H](Cc1ccc(OCCc2nc(-c3ccccc3)oc2C)c2ccsc12)C(=O)[O-].[Na+]. The monoisotopic (exact) mass is 459 g/mol. The van der Waals surface area contributed by atoms with Crippen molar-refractivity contribution >= 4 is 27.4 Å². The molecule has 0 saturated carbocycles. The maximum absolute atomic E-state index is 11.2. The fraction of sp³-hybridized carbons (Fsp3) is 0.250. The topological polar surface area (TPSA) is 84.6 Å². The number of aromatic nitrogens is 1. The van der Waals surface area contributed by atoms with Crippen LogP contribution in [-0.4, -0.2) is 30.8 Å². The van der Waals surface area contributed by atoms with E-state index >= 15 is 0 Å². The first kappa shape index (κ1) is 24.5. The molecule has 0 amide bonds. The molecule has 0 aliphatic rings. The Labute approximate surface area is 212 Å². The van der Waals surface area contributed by atoms with Gasteiger partial charge in [0.2, 0.25) is 5.89 Å². The van der Waals surface area contributed by atoms with Gasteiger partial charge in [0, 0.05) is 35.6 Å². The van der Waals surface area contributed by atoms with Gasteiger partial charge in [-0.05, 0) is 42.1 Å². The number of thiophene rings is 1. The first-order valence-electron chi connectivity index (χ1n) is 9.94. The van der Waals surface area contributed by atoms with Crippen LogP contribution in [0.15, 0.2) is 58.3 Å². The molecule has 6 nitrogen and oxygen atoms in total. The minimum atomic E-state index is -1.22. The van der Waals surface area contributed by atoms with Gasteiger partial charge in [-0.25, -0.2) is 4.98 Å². The van der Waals surface area contributed by atoms with Crippen molar-refractivity contribution in [2.45, 2.75) is 25.9 Å². The van der Waals surface area contributed by atoms with Crippen molar-refractivity contribution in [3.8, 4) is 17.2 Å². The largest absolute Gasteiger partial charge is 1.00 e. The molecule has 0 radical (unpaired) electrons. The number of oxazole rings is 1. The van der Waals surface area contributed by atoms with Gasteiger partial charge in [-0.3, -0.25) is 0 Å². The molecule has 2 aromatic heterocycles. The number of hydrogen-bond acceptors (Lipinski definition) is 7. The van der Waals surface area contributed by atoms with Crippen LogP contribution in [0, 0.1) is 6.92 Å². The van der Waals surface area contributed by atoms with E-state index in [1.165, 1.54) is 7.11 Å². The van der Waals surface area contributed by atoms with Crippen molar-refractivity contribution in [3.63, 3.8) is 0 Å². The molecular weight excluding hydrogens is 437 g/mol. The third-order valence-electron chi connectivity index (χ3n) is 5.12. The van der Waals surface area contributed by atoms with Crippen LogP contribution >= 0.6 is 11.3 Å². The van der Waals surface area contributed by atoms with Gasteiger partial charge in [-0.15, -0.1) is 11.3 Å². The smallest absolute Gasteiger partial charge is 0.547 e. The number of aliphatic carboxylic acids is 1. The number of carbonyl (C=O) groups is 1. The molecule has 0 unspecified atom stereocenters. The molecule has 0 spiro atoms. The van der Waals surface area contributed by atoms with E-state index in [1.807, 2.05) is 60.8 Å². The number of ether oxygens (including phenoxy) is 2. The van der Waals surface area contributed by atoms with Gasteiger partial charge in [0.05, 0.1) is 18.3 Å². The molecule has 2 heterocycles. The average Bonchev–Trinajstić information content (AvgIpc) is 3.41. The molecule has 0 aliphatic carbocycles. The standard InChI is InChI=1S/C24H23NO5S.Na/c1-15-19(25-23(30-15)16-6-4-3-5-7-16)10-12-29-20-9-8-17(14-21(28-2)24(26)27)22-18(20)11-13-31-22;/h3-9,11,13,21H,10,12,14H2,1-2H3,(H,26,27);/q;+1/p-1/t21-;/m0./s1. The van der Waals surface area contributed by atoms with Crippen LogP contribution in [0.25, 0.3) is 21.5 Å². The first-order valence-corrected chi connectivity index (χ1v) is 10.8. The molecular formula is C24H22NNaO5S. The van der Waals surface area contributed by atoms with Crippen LogP contribution in [0.1, 0.15) is 17.0 Å². The zero-order valence-corrected chi connectivity index (χ0v) is 21.1. The van der Waals surface area contributed by atoms with Crippen LogP contribution in [0.4, 0.5) is 0 Å². The van der Waals surface area contributed by atoms with Crippen LogP contribution in [0.2, 0.25) is 0 Å². The number of carbonyl (C=O) groups excluding carboxylic acids is 1. The summed E-state index contributed by atoms with van der Waals surface area (Å²) in [7, 11) is 1.37. The number of nitrogens with zero attached hydrogens (tertiary/aromatic N) is 1. The van der Waals surface area contributed by atoms with E-state index in [1.54, 1.807) is 11.3 Å². The Balaban J connectivity index is 0.00000289. The normalized spacial score (nSPS) is 11.8. The van der Waals surface area contributed by atoms with E-state index in [9.17, 15) is 9.90 Å². The van der Waals surface area contributed by atoms with Crippen molar-refractivity contribution in [1.82, 2.24) is 4.98 Å². The predicted octanol–water partition coefficient (Wildman–Crippen LogP) is 0.798. The van der Waals surface area contributed by atoms with E-state index in [0.29, 0.717) is 18.9 Å². The van der Waals surface area contributed by atoms with E-state index < -0.39 is 12.1 Å². The molecule has 0 bridgehead atoms. The van der Waals surface area contributed by atoms with Gasteiger partial charge >= 0.3 is 29.6 Å². The summed E-state index contributed by atoms with van der Waals surface area (Å²) in [4.78, 5) is 15.8. The number of carboxylic acids is 1. The van der Waals surface area contributed by atoms with Gasteiger partial charge in [0.1, 0.15) is 17.6 Å². The van der Waals surface area contributed by atoms with E-state index in [4.69, 9.17) is 13.9 Å². The second-order valence-electron chi connectivity index (χ2n) is 7.12. The maximum atomic E-state index is 11.2. The van der Waals surface area contributed by atoms with E-state index in [-0.39, 0.29) is 36.0 Å². The Kier molecular flexibility index (Phi) is 8.51. The van der Waals surface area contributed by atoms with Crippen LogP contribution in [-0.2, 0) is 22.4 Å². The summed E-state index contributed by atoms with van der Waals surface area (Å²) in [6.45, 7) is 2.36. The Hall–Kier alpha value is -2.16. The fourth-order valence-electron chi connectivity index (χ4n) is 3.46. The summed E-state index contributed by atoms with van der Waals surface area (Å²) in [5, 5.41) is 14.1. The van der Waals surface area contributed by atoms with Gasteiger partial charge < -0.3 is 23.8 Å². The van der Waals surface area contributed by atoms with Crippen molar-refractivity contribution < 1.29 is 53.3 Å². The number of methoxy groups -OCH3 is 1. The number of carboxylic acid groups (broad SMARTS) is 1. The molecule has 0 N–H and O–H groups in total. The third kappa shape index (κ3) is 5.42. The van der Waals surface area contributed by atoms with E-state index in [2.05, 4.69) is 4.98 Å². The minimum absolute atomic E-state index is 0. The average molecular weight is 459 g/mol. The van der Waals surface area contributed by atoms with Gasteiger partial charge in [0.25, 0.3) is 0 Å². The molecule has 2 aromatic carbocycles. The van der Waals surface area contributed by atoms with Crippen LogP contribution < -0.4 is 39.4 Å². The zero-order valence-electron chi connectivity index (χ0n) is 18.3. The molecule has 8 heteroatoms. The molecule has 32 heavy (non-hydrogen) atoms. The quantitative estimate of drug-likeness (QED) is 0.344. The molecule has 4 aromatic rings.